The molecular formula is C45H87NO5SSi. The van der Waals surface area contributed by atoms with E-state index in [0.717, 1.165) is 70.0 Å². The molecule has 0 atom stereocenters. The van der Waals surface area contributed by atoms with Gasteiger partial charge in [-0.15, -0.1) is 0 Å². The van der Waals surface area contributed by atoms with E-state index in [1.807, 2.05) is 6.92 Å². The lowest BCUT2D eigenvalue weighted by molar-refractivity contribution is -0.146. The molecule has 0 bridgehead atoms. The van der Waals surface area contributed by atoms with Crippen molar-refractivity contribution in [3.05, 3.63) is 0 Å². The van der Waals surface area contributed by atoms with Crippen LogP contribution in [0.15, 0.2) is 0 Å². The van der Waals surface area contributed by atoms with Gasteiger partial charge < -0.3 is 13.3 Å². The lowest BCUT2D eigenvalue weighted by Crippen LogP contribution is -2.49. The van der Waals surface area contributed by atoms with Crippen LogP contribution in [-0.2, 0) is 22.9 Å². The number of carbonyl (C=O) groups is 2. The maximum absolute atomic E-state index is 13.1. The topological polar surface area (TPSA) is 85.6 Å². The molecule has 53 heavy (non-hydrogen) atoms. The molecule has 0 fully saturated rings. The Morgan fingerprint density at radius 3 is 1.08 bits per heavy atom. The van der Waals surface area contributed by atoms with Gasteiger partial charge in [0.25, 0.3) is 11.9 Å². The molecule has 0 aliphatic rings. The Kier molecular flexibility index (Phi) is 41.3. The summed E-state index contributed by atoms with van der Waals surface area (Å²) in [7, 11) is -3.47. The summed E-state index contributed by atoms with van der Waals surface area (Å²) in [6, 6.07) is 0.474. The molecule has 0 aromatic carbocycles. The van der Waals surface area contributed by atoms with Crippen LogP contribution in [0, 0.1) is 10.7 Å². The van der Waals surface area contributed by atoms with Crippen LogP contribution in [0.2, 0.25) is 6.04 Å². The van der Waals surface area contributed by atoms with Crippen molar-refractivity contribution in [1.29, 1.82) is 5.26 Å². The number of hydrogen-bond acceptors (Lipinski definition) is 7. The zero-order chi connectivity index (χ0) is 38.8. The van der Waals surface area contributed by atoms with Gasteiger partial charge in [-0.25, -0.2) is 0 Å². The van der Waals surface area contributed by atoms with Crippen molar-refractivity contribution in [3.63, 3.8) is 0 Å². The first-order chi connectivity index (χ1) is 26.0. The normalized spacial score (nSPS) is 11.5. The Morgan fingerprint density at radius 1 is 0.453 bits per heavy atom. The van der Waals surface area contributed by atoms with Gasteiger partial charge in [0.05, 0.1) is 0 Å². The third-order valence-electron chi connectivity index (χ3n) is 10.4. The van der Waals surface area contributed by atoms with E-state index >= 15 is 0 Å². The smallest absolute Gasteiger partial charge is 0.464 e. The Hall–Kier alpha value is -1.04. The van der Waals surface area contributed by atoms with Crippen molar-refractivity contribution in [1.82, 2.24) is 0 Å². The number of carbonyl (C=O) groups excluding carboxylic acids is 2. The SMILES string of the molecule is CCCCCCCCCCCCCCCCCC(=O)O[Si](CCCCCCSC#N)(OCC)OC(=O)CCCCCCCCCCCCCCCCC. The molecule has 312 valence electrons. The van der Waals surface area contributed by atoms with E-state index < -0.39 is 8.80 Å². The van der Waals surface area contributed by atoms with Crippen LogP contribution in [0.1, 0.15) is 252 Å². The minimum Gasteiger partial charge on any atom is -0.464 e. The summed E-state index contributed by atoms with van der Waals surface area (Å²) in [6.45, 7) is 6.78. The summed E-state index contributed by atoms with van der Waals surface area (Å²) < 4.78 is 18.1. The number of hydrogen-bond donors (Lipinski definition) is 0. The van der Waals surface area contributed by atoms with E-state index in [1.165, 1.54) is 166 Å². The molecule has 8 heteroatoms. The van der Waals surface area contributed by atoms with Crippen LogP contribution in [0.25, 0.3) is 0 Å². The fraction of sp³-hybridized carbons (Fsp3) is 0.933. The summed E-state index contributed by atoms with van der Waals surface area (Å²) in [4.78, 5) is 26.1. The highest BCUT2D eigenvalue weighted by atomic mass is 32.2. The maximum atomic E-state index is 13.1. The Labute approximate surface area is 335 Å². The lowest BCUT2D eigenvalue weighted by Gasteiger charge is -2.28. The van der Waals surface area contributed by atoms with Crippen molar-refractivity contribution in [2.75, 3.05) is 12.4 Å². The second-order valence-electron chi connectivity index (χ2n) is 15.6. The first kappa shape index (κ1) is 52.0. The number of nitriles is 1. The molecule has 0 spiro atoms. The van der Waals surface area contributed by atoms with Crippen LogP contribution >= 0.6 is 11.8 Å². The molecule has 0 rings (SSSR count). The predicted molar refractivity (Wildman–Crippen MR) is 230 cm³/mol. The summed E-state index contributed by atoms with van der Waals surface area (Å²) in [5.41, 5.74) is 0. The minimum atomic E-state index is -3.47. The van der Waals surface area contributed by atoms with Crippen LogP contribution in [0.4, 0.5) is 0 Å². The van der Waals surface area contributed by atoms with Crippen molar-refractivity contribution >= 4 is 32.5 Å². The van der Waals surface area contributed by atoms with Crippen LogP contribution in [-0.4, -0.2) is 33.1 Å². The number of thioether (sulfide) groups is 1. The number of unbranched alkanes of at least 4 members (excludes halogenated alkanes) is 31. The van der Waals surface area contributed by atoms with Crippen LogP contribution < -0.4 is 0 Å². The van der Waals surface area contributed by atoms with Crippen molar-refractivity contribution in [2.24, 2.45) is 0 Å². The minimum absolute atomic E-state index is 0.287. The van der Waals surface area contributed by atoms with Gasteiger partial charge in [-0.2, -0.15) is 5.26 Å². The molecule has 6 nitrogen and oxygen atoms in total. The molecular weight excluding hydrogens is 695 g/mol. The summed E-state index contributed by atoms with van der Waals surface area (Å²) in [5.74, 6) is 0.252. The van der Waals surface area contributed by atoms with Gasteiger partial charge >= 0.3 is 8.80 Å². The van der Waals surface area contributed by atoms with E-state index in [1.54, 1.807) is 0 Å². The van der Waals surface area contributed by atoms with Crippen molar-refractivity contribution in [3.8, 4) is 5.40 Å². The highest BCUT2D eigenvalue weighted by molar-refractivity contribution is 8.03. The highest BCUT2D eigenvalue weighted by Crippen LogP contribution is 2.24. The number of nitrogens with zero attached hydrogens (tertiary/aromatic N) is 1. The third-order valence-corrected chi connectivity index (χ3v) is 13.8. The van der Waals surface area contributed by atoms with Crippen molar-refractivity contribution < 1.29 is 22.9 Å². The molecule has 0 aliphatic carbocycles. The first-order valence-electron chi connectivity index (χ1n) is 23.1. The van der Waals surface area contributed by atoms with Gasteiger partial charge in [0.1, 0.15) is 5.40 Å². The van der Waals surface area contributed by atoms with Gasteiger partial charge in [0.15, 0.2) is 0 Å². The molecule has 0 N–H and O–H groups in total. The summed E-state index contributed by atoms with van der Waals surface area (Å²) >= 11 is 1.29. The lowest BCUT2D eigenvalue weighted by atomic mass is 10.0. The summed E-state index contributed by atoms with van der Waals surface area (Å²) in [5, 5.41) is 10.9. The fourth-order valence-electron chi connectivity index (χ4n) is 7.12. The quantitative estimate of drug-likeness (QED) is 0.0346. The van der Waals surface area contributed by atoms with Gasteiger partial charge in [0, 0.05) is 31.2 Å². The van der Waals surface area contributed by atoms with E-state index in [2.05, 4.69) is 19.2 Å². The molecule has 0 aliphatic heterocycles. The molecule has 0 aromatic heterocycles. The standard InChI is InChI=1S/C45H87NO5SSi/c1-4-7-9-11-13-15-17-19-21-23-25-27-29-31-35-39-44(47)50-53(49-6-3,42-38-34-33-37-41-52-43-46)51-45(48)40-36-32-30-28-26-24-22-20-18-16-14-12-10-8-5-2/h4-42H2,1-3H3. The highest BCUT2D eigenvalue weighted by Gasteiger charge is 2.48. The number of thiocyanates is 1. The molecule has 0 unspecified atom stereocenters. The van der Waals surface area contributed by atoms with Gasteiger partial charge in [-0.05, 0) is 44.4 Å². The molecule has 0 saturated carbocycles. The molecule has 0 saturated heterocycles. The predicted octanol–water partition coefficient (Wildman–Crippen LogP) is 15.3. The fourth-order valence-corrected chi connectivity index (χ4v) is 10.1. The summed E-state index contributed by atoms with van der Waals surface area (Å²) in [6.07, 6.45) is 42.9. The molecule has 0 aromatic rings. The molecule has 0 amide bonds. The first-order valence-corrected chi connectivity index (χ1v) is 26.0. The largest absolute Gasteiger partial charge is 0.636 e. The van der Waals surface area contributed by atoms with E-state index in [4.69, 9.17) is 18.5 Å². The molecule has 0 radical (unpaired) electrons. The average molecular weight is 782 g/mol. The van der Waals surface area contributed by atoms with E-state index in [-0.39, 0.29) is 11.9 Å². The van der Waals surface area contributed by atoms with Crippen molar-refractivity contribution in [2.45, 2.75) is 258 Å². The van der Waals surface area contributed by atoms with Crippen LogP contribution in [0.3, 0.4) is 0 Å². The zero-order valence-electron chi connectivity index (χ0n) is 35.5. The third kappa shape index (κ3) is 37.6. The average Bonchev–Trinajstić information content (AvgIpc) is 3.14. The van der Waals surface area contributed by atoms with E-state index in [9.17, 15) is 9.59 Å². The maximum Gasteiger partial charge on any atom is 0.636 e. The second kappa shape index (κ2) is 42.1. The number of rotatable bonds is 43. The Bertz CT molecular complexity index is 790. The monoisotopic (exact) mass is 782 g/mol. The Morgan fingerprint density at radius 2 is 0.755 bits per heavy atom. The van der Waals surface area contributed by atoms with Gasteiger partial charge in [-0.3, -0.25) is 9.59 Å². The van der Waals surface area contributed by atoms with Crippen LogP contribution in [0.5, 0.6) is 0 Å². The Balaban J connectivity index is 4.41. The zero-order valence-corrected chi connectivity index (χ0v) is 37.3. The second-order valence-corrected chi connectivity index (χ2v) is 19.0. The van der Waals surface area contributed by atoms with E-state index in [0.29, 0.717) is 25.5 Å². The molecule has 0 heterocycles. The van der Waals surface area contributed by atoms with Gasteiger partial charge in [0.2, 0.25) is 0 Å². The van der Waals surface area contributed by atoms with Gasteiger partial charge in [-0.1, -0.05) is 206 Å².